The van der Waals surface area contributed by atoms with Crippen molar-refractivity contribution in [2.75, 3.05) is 32.0 Å². The number of fused-ring (bicyclic) bond motifs is 1. The lowest BCUT2D eigenvalue weighted by atomic mass is 10.0. The standard InChI is InChI=1S/C33H32Cl2F2N8O3/c1-42(14-9-21-3-5-22(34)6-4-21)24-10-15-43(16-11-24)29(46)20-44-19-27(40-32(47)26-18-39-45-13-2-12-38-31(26)45)30(41-44)25-17-23(35)7-8-28(25)48-33(36)37/h2-8,12-13,17-19,24,33H,9-11,14-16,20H2,1H3,(H,40,47). The van der Waals surface area contributed by atoms with Gasteiger partial charge in [-0.2, -0.15) is 19.0 Å². The van der Waals surface area contributed by atoms with Gasteiger partial charge in [0.15, 0.2) is 5.65 Å². The van der Waals surface area contributed by atoms with Gasteiger partial charge in [-0.25, -0.2) is 9.50 Å². The van der Waals surface area contributed by atoms with Crippen LogP contribution < -0.4 is 10.1 Å². The Labute approximate surface area is 285 Å². The molecule has 0 radical (unpaired) electrons. The van der Waals surface area contributed by atoms with Crippen molar-refractivity contribution in [3.05, 3.63) is 94.5 Å². The molecule has 48 heavy (non-hydrogen) atoms. The molecule has 1 N–H and O–H groups in total. The lowest BCUT2D eigenvalue weighted by molar-refractivity contribution is -0.133. The number of halogens is 4. The van der Waals surface area contributed by atoms with Crippen LogP contribution in [0.4, 0.5) is 14.5 Å². The number of aromatic nitrogens is 5. The van der Waals surface area contributed by atoms with Crippen molar-refractivity contribution in [3.63, 3.8) is 0 Å². The van der Waals surface area contributed by atoms with Crippen LogP contribution in [0.2, 0.25) is 10.0 Å². The van der Waals surface area contributed by atoms with E-state index in [0.29, 0.717) is 29.8 Å². The maximum atomic E-state index is 13.5. The molecular weight excluding hydrogens is 665 g/mol. The van der Waals surface area contributed by atoms with E-state index < -0.39 is 12.5 Å². The number of rotatable bonds is 11. The zero-order valence-electron chi connectivity index (χ0n) is 25.9. The molecule has 0 bridgehead atoms. The van der Waals surface area contributed by atoms with Crippen LogP contribution in [0.3, 0.4) is 0 Å². The number of amides is 2. The van der Waals surface area contributed by atoms with Crippen LogP contribution in [0.25, 0.3) is 16.9 Å². The third-order valence-electron chi connectivity index (χ3n) is 8.35. The minimum atomic E-state index is -3.11. The van der Waals surface area contributed by atoms with E-state index in [0.717, 1.165) is 25.8 Å². The van der Waals surface area contributed by atoms with E-state index in [2.05, 4.69) is 32.4 Å². The summed E-state index contributed by atoms with van der Waals surface area (Å²) in [5.41, 5.74) is 2.09. The predicted octanol–water partition coefficient (Wildman–Crippen LogP) is 5.92. The molecule has 0 atom stereocenters. The second kappa shape index (κ2) is 14.7. The van der Waals surface area contributed by atoms with Crippen LogP contribution >= 0.6 is 23.2 Å². The fourth-order valence-electron chi connectivity index (χ4n) is 5.79. The highest BCUT2D eigenvalue weighted by atomic mass is 35.5. The summed E-state index contributed by atoms with van der Waals surface area (Å²) in [5.74, 6) is -0.913. The third-order valence-corrected chi connectivity index (χ3v) is 8.84. The summed E-state index contributed by atoms with van der Waals surface area (Å²) in [6.07, 6.45) is 8.57. The zero-order valence-corrected chi connectivity index (χ0v) is 27.4. The summed E-state index contributed by atoms with van der Waals surface area (Å²) in [6.45, 7) is -1.21. The molecular formula is C33H32Cl2F2N8O3. The van der Waals surface area contributed by atoms with E-state index in [-0.39, 0.29) is 45.7 Å². The number of hydrogen-bond acceptors (Lipinski definition) is 7. The van der Waals surface area contributed by atoms with Gasteiger partial charge in [0, 0.05) is 59.9 Å². The average Bonchev–Trinajstić information content (AvgIpc) is 3.69. The fraction of sp³-hybridized carbons (Fsp3) is 0.303. The Morgan fingerprint density at radius 3 is 2.60 bits per heavy atom. The van der Waals surface area contributed by atoms with Crippen LogP contribution in [0.1, 0.15) is 28.8 Å². The van der Waals surface area contributed by atoms with Crippen molar-refractivity contribution in [1.82, 2.24) is 34.2 Å². The van der Waals surface area contributed by atoms with Crippen LogP contribution in [0.15, 0.2) is 73.3 Å². The number of hydrogen-bond donors (Lipinski definition) is 1. The number of piperidine rings is 1. The lowest BCUT2D eigenvalue weighted by Crippen LogP contribution is -2.46. The summed E-state index contributed by atoms with van der Waals surface area (Å²) in [7, 11) is 2.10. The monoisotopic (exact) mass is 696 g/mol. The molecule has 6 rings (SSSR count). The van der Waals surface area contributed by atoms with Crippen molar-refractivity contribution in [2.24, 2.45) is 0 Å². The van der Waals surface area contributed by atoms with Gasteiger partial charge < -0.3 is 19.9 Å². The minimum absolute atomic E-state index is 0.0970. The van der Waals surface area contributed by atoms with Crippen LogP contribution in [-0.4, -0.2) is 85.3 Å². The smallest absolute Gasteiger partial charge is 0.387 e. The molecule has 1 aliphatic rings. The second-order valence-electron chi connectivity index (χ2n) is 11.5. The quantitative estimate of drug-likeness (QED) is 0.183. The number of carbonyl (C=O) groups is 2. The normalized spacial score (nSPS) is 13.9. The van der Waals surface area contributed by atoms with Gasteiger partial charge in [0.1, 0.15) is 23.6 Å². The van der Waals surface area contributed by atoms with Gasteiger partial charge in [-0.05, 0) is 68.3 Å². The Morgan fingerprint density at radius 1 is 1.10 bits per heavy atom. The number of nitrogens with zero attached hydrogens (tertiary/aromatic N) is 7. The van der Waals surface area contributed by atoms with E-state index in [4.69, 9.17) is 27.9 Å². The Hall–Kier alpha value is -4.59. The molecule has 0 spiro atoms. The highest BCUT2D eigenvalue weighted by molar-refractivity contribution is 6.31. The van der Waals surface area contributed by atoms with E-state index in [1.165, 1.54) is 51.6 Å². The third kappa shape index (κ3) is 7.75. The lowest BCUT2D eigenvalue weighted by Gasteiger charge is -2.36. The number of anilines is 1. The molecule has 5 aromatic rings. The molecule has 2 aromatic carbocycles. The largest absolute Gasteiger partial charge is 0.434 e. The summed E-state index contributed by atoms with van der Waals surface area (Å²) < 4.78 is 34.2. The van der Waals surface area contributed by atoms with Crippen molar-refractivity contribution >= 4 is 46.4 Å². The Balaban J connectivity index is 1.17. The summed E-state index contributed by atoms with van der Waals surface area (Å²) in [5, 5.41) is 12.4. The van der Waals surface area contributed by atoms with Gasteiger partial charge in [-0.15, -0.1) is 0 Å². The number of ether oxygens (including phenoxy) is 1. The topological polar surface area (TPSA) is 110 Å². The highest BCUT2D eigenvalue weighted by Gasteiger charge is 2.27. The van der Waals surface area contributed by atoms with Crippen molar-refractivity contribution in [3.8, 4) is 17.0 Å². The van der Waals surface area contributed by atoms with Crippen LogP contribution in [0, 0.1) is 0 Å². The van der Waals surface area contributed by atoms with Gasteiger partial charge in [0.05, 0.1) is 11.9 Å². The molecule has 0 aliphatic carbocycles. The molecule has 0 saturated carbocycles. The number of nitrogens with one attached hydrogen (secondary N) is 1. The molecule has 250 valence electrons. The molecule has 2 amide bonds. The van der Waals surface area contributed by atoms with E-state index >= 15 is 0 Å². The van der Waals surface area contributed by atoms with Crippen molar-refractivity contribution < 1.29 is 23.1 Å². The number of likely N-dealkylation sites (N-methyl/N-ethyl adjacent to an activating group) is 1. The summed E-state index contributed by atoms with van der Waals surface area (Å²) in [6, 6.07) is 14.0. The number of alkyl halides is 2. The first kappa shape index (κ1) is 33.3. The molecule has 1 saturated heterocycles. The first-order valence-electron chi connectivity index (χ1n) is 15.3. The van der Waals surface area contributed by atoms with E-state index in [1.54, 1.807) is 17.2 Å². The summed E-state index contributed by atoms with van der Waals surface area (Å²) >= 11 is 12.2. The second-order valence-corrected chi connectivity index (χ2v) is 12.4. The first-order valence-corrected chi connectivity index (χ1v) is 16.0. The predicted molar refractivity (Wildman–Crippen MR) is 178 cm³/mol. The van der Waals surface area contributed by atoms with Crippen molar-refractivity contribution in [2.45, 2.75) is 38.5 Å². The minimum Gasteiger partial charge on any atom is -0.434 e. The van der Waals surface area contributed by atoms with Crippen LogP contribution in [0.5, 0.6) is 5.75 Å². The van der Waals surface area contributed by atoms with Gasteiger partial charge in [-0.1, -0.05) is 35.3 Å². The summed E-state index contributed by atoms with van der Waals surface area (Å²) in [4.78, 5) is 35.2. The van der Waals surface area contributed by atoms with E-state index in [1.807, 2.05) is 24.3 Å². The molecule has 1 fully saturated rings. The van der Waals surface area contributed by atoms with Gasteiger partial charge in [0.25, 0.3) is 5.91 Å². The average molecular weight is 698 g/mol. The number of benzene rings is 2. The van der Waals surface area contributed by atoms with Gasteiger partial charge in [0.2, 0.25) is 5.91 Å². The Kier molecular flexibility index (Phi) is 10.2. The Bertz CT molecular complexity index is 1910. The fourth-order valence-corrected chi connectivity index (χ4v) is 6.09. The molecule has 3 aromatic heterocycles. The van der Waals surface area contributed by atoms with Gasteiger partial charge >= 0.3 is 6.61 Å². The first-order chi connectivity index (χ1) is 23.1. The highest BCUT2D eigenvalue weighted by Crippen LogP contribution is 2.37. The van der Waals surface area contributed by atoms with E-state index in [9.17, 15) is 18.4 Å². The Morgan fingerprint density at radius 2 is 1.85 bits per heavy atom. The molecule has 4 heterocycles. The molecule has 1 aliphatic heterocycles. The number of carbonyl (C=O) groups excluding carboxylic acids is 2. The van der Waals surface area contributed by atoms with Crippen molar-refractivity contribution in [1.29, 1.82) is 0 Å². The maximum absolute atomic E-state index is 13.5. The SMILES string of the molecule is CN(CCc1ccc(Cl)cc1)C1CCN(C(=O)Cn2cc(NC(=O)c3cnn4cccnc34)c(-c3cc(Cl)ccc3OC(F)F)n2)CC1. The van der Waals surface area contributed by atoms with Crippen LogP contribution in [-0.2, 0) is 17.8 Å². The maximum Gasteiger partial charge on any atom is 0.387 e. The number of likely N-dealkylation sites (tertiary alicyclic amines) is 1. The van der Waals surface area contributed by atoms with Gasteiger partial charge in [-0.3, -0.25) is 14.3 Å². The zero-order chi connectivity index (χ0) is 33.8. The molecule has 11 nitrogen and oxygen atoms in total. The molecule has 0 unspecified atom stereocenters. The molecule has 15 heteroatoms.